The summed E-state index contributed by atoms with van der Waals surface area (Å²) in [4.78, 5) is 22.3. The second-order valence-electron chi connectivity index (χ2n) is 4.93. The number of carbonyl (C=O) groups is 1. The Morgan fingerprint density at radius 2 is 2.00 bits per heavy atom. The van der Waals surface area contributed by atoms with Gasteiger partial charge >= 0.3 is 0 Å². The van der Waals surface area contributed by atoms with Gasteiger partial charge in [0.15, 0.2) is 5.96 Å². The molecule has 0 aromatic carbocycles. The molecular formula is C16H26ClN5O. The lowest BCUT2D eigenvalue weighted by molar-refractivity contribution is -0.130. The van der Waals surface area contributed by atoms with Crippen molar-refractivity contribution in [2.24, 2.45) is 4.99 Å². The maximum Gasteiger partial charge on any atom is 0.224 e. The van der Waals surface area contributed by atoms with Crippen LogP contribution in [0.5, 0.6) is 0 Å². The number of rotatable bonds is 8. The van der Waals surface area contributed by atoms with Crippen LogP contribution in [0, 0.1) is 0 Å². The SMILES string of the molecule is CCNC(=NCc1ccc(Cl)nc1)NCCC(=O)N(CC)CC. The highest BCUT2D eigenvalue weighted by molar-refractivity contribution is 6.29. The molecule has 1 amide bonds. The molecule has 1 aromatic rings. The average molecular weight is 340 g/mol. The van der Waals surface area contributed by atoms with Crippen molar-refractivity contribution in [1.29, 1.82) is 0 Å². The van der Waals surface area contributed by atoms with Crippen molar-refractivity contribution in [3.8, 4) is 0 Å². The van der Waals surface area contributed by atoms with Gasteiger partial charge in [0, 0.05) is 38.8 Å². The summed E-state index contributed by atoms with van der Waals surface area (Å²) in [5.74, 6) is 0.843. The molecule has 6 nitrogen and oxygen atoms in total. The number of hydrogen-bond acceptors (Lipinski definition) is 3. The zero-order chi connectivity index (χ0) is 17.1. The summed E-state index contributed by atoms with van der Waals surface area (Å²) in [5.41, 5.74) is 0.978. The van der Waals surface area contributed by atoms with Crippen molar-refractivity contribution >= 4 is 23.5 Å². The smallest absolute Gasteiger partial charge is 0.224 e. The molecule has 0 saturated carbocycles. The van der Waals surface area contributed by atoms with E-state index in [0.29, 0.717) is 30.6 Å². The Hall–Kier alpha value is -1.82. The lowest BCUT2D eigenvalue weighted by Crippen LogP contribution is -2.40. The van der Waals surface area contributed by atoms with Crippen molar-refractivity contribution in [3.05, 3.63) is 29.0 Å². The summed E-state index contributed by atoms with van der Waals surface area (Å²) in [6, 6.07) is 3.64. The van der Waals surface area contributed by atoms with E-state index in [9.17, 15) is 4.79 Å². The lowest BCUT2D eigenvalue weighted by Gasteiger charge is -2.19. The van der Waals surface area contributed by atoms with Gasteiger partial charge in [-0.1, -0.05) is 17.7 Å². The maximum atomic E-state index is 12.0. The zero-order valence-corrected chi connectivity index (χ0v) is 14.9. The highest BCUT2D eigenvalue weighted by Crippen LogP contribution is 2.06. The van der Waals surface area contributed by atoms with Crippen LogP contribution in [0.25, 0.3) is 0 Å². The second kappa shape index (κ2) is 10.8. The van der Waals surface area contributed by atoms with E-state index in [1.54, 1.807) is 12.3 Å². The van der Waals surface area contributed by atoms with Crippen molar-refractivity contribution in [3.63, 3.8) is 0 Å². The van der Waals surface area contributed by atoms with Gasteiger partial charge in [0.2, 0.25) is 5.91 Å². The van der Waals surface area contributed by atoms with Gasteiger partial charge in [0.05, 0.1) is 6.54 Å². The van der Waals surface area contributed by atoms with Gasteiger partial charge in [-0.15, -0.1) is 0 Å². The summed E-state index contributed by atoms with van der Waals surface area (Å²) >= 11 is 5.76. The molecule has 0 aliphatic heterocycles. The summed E-state index contributed by atoms with van der Waals surface area (Å²) in [6.07, 6.45) is 2.16. The standard InChI is InChI=1S/C16H26ClN5O/c1-4-18-16(19-10-9-15(23)22(5-2)6-3)21-12-13-7-8-14(17)20-11-13/h7-8,11H,4-6,9-10,12H2,1-3H3,(H2,18,19,21). The molecule has 0 fully saturated rings. The number of amides is 1. The number of nitrogens with zero attached hydrogens (tertiary/aromatic N) is 3. The largest absolute Gasteiger partial charge is 0.357 e. The Morgan fingerprint density at radius 1 is 1.26 bits per heavy atom. The predicted octanol–water partition coefficient (Wildman–Crippen LogP) is 2.05. The van der Waals surface area contributed by atoms with Crippen molar-refractivity contribution in [1.82, 2.24) is 20.5 Å². The fourth-order valence-corrected chi connectivity index (χ4v) is 2.15. The molecule has 1 aromatic heterocycles. The Kier molecular flexibility index (Phi) is 9.05. The molecule has 0 bridgehead atoms. The molecule has 0 radical (unpaired) electrons. The van der Waals surface area contributed by atoms with E-state index < -0.39 is 0 Å². The first kappa shape index (κ1) is 19.2. The molecule has 1 rings (SSSR count). The Balaban J connectivity index is 2.49. The van der Waals surface area contributed by atoms with Crippen LogP contribution in [0.4, 0.5) is 0 Å². The number of guanidine groups is 1. The molecule has 0 aliphatic carbocycles. The average Bonchev–Trinajstić information content (AvgIpc) is 2.55. The van der Waals surface area contributed by atoms with Gasteiger partial charge in [-0.3, -0.25) is 4.79 Å². The Morgan fingerprint density at radius 3 is 2.57 bits per heavy atom. The molecule has 23 heavy (non-hydrogen) atoms. The number of carbonyl (C=O) groups excluding carboxylic acids is 1. The van der Waals surface area contributed by atoms with Gasteiger partial charge in [-0.2, -0.15) is 0 Å². The van der Waals surface area contributed by atoms with E-state index in [0.717, 1.165) is 25.2 Å². The van der Waals surface area contributed by atoms with E-state index >= 15 is 0 Å². The van der Waals surface area contributed by atoms with E-state index in [-0.39, 0.29) is 5.91 Å². The molecule has 0 spiro atoms. The normalized spacial score (nSPS) is 11.2. The maximum absolute atomic E-state index is 12.0. The fourth-order valence-electron chi connectivity index (χ4n) is 2.03. The van der Waals surface area contributed by atoms with Gasteiger partial charge in [0.25, 0.3) is 0 Å². The second-order valence-corrected chi connectivity index (χ2v) is 5.31. The number of hydrogen-bond donors (Lipinski definition) is 2. The van der Waals surface area contributed by atoms with E-state index in [1.807, 2.05) is 31.7 Å². The first-order valence-electron chi connectivity index (χ1n) is 8.01. The topological polar surface area (TPSA) is 69.6 Å². The molecule has 0 aliphatic rings. The molecule has 7 heteroatoms. The van der Waals surface area contributed by atoms with Crippen LogP contribution in [-0.2, 0) is 11.3 Å². The number of aliphatic imine (C=N–C) groups is 1. The van der Waals surface area contributed by atoms with Crippen LogP contribution < -0.4 is 10.6 Å². The summed E-state index contributed by atoms with van der Waals surface area (Å²) < 4.78 is 0. The number of aromatic nitrogens is 1. The molecule has 1 heterocycles. The number of nitrogens with one attached hydrogen (secondary N) is 2. The Labute approximate surface area is 143 Å². The van der Waals surface area contributed by atoms with Crippen LogP contribution >= 0.6 is 11.6 Å². The third kappa shape index (κ3) is 7.32. The van der Waals surface area contributed by atoms with Crippen LogP contribution in [0.3, 0.4) is 0 Å². The van der Waals surface area contributed by atoms with Gasteiger partial charge in [-0.05, 0) is 32.4 Å². The third-order valence-corrected chi connectivity index (χ3v) is 3.52. The molecule has 0 saturated heterocycles. The quantitative estimate of drug-likeness (QED) is 0.432. The molecular weight excluding hydrogens is 314 g/mol. The van der Waals surface area contributed by atoms with Crippen LogP contribution in [-0.4, -0.2) is 47.9 Å². The highest BCUT2D eigenvalue weighted by Gasteiger charge is 2.09. The lowest BCUT2D eigenvalue weighted by atomic mass is 10.3. The summed E-state index contributed by atoms with van der Waals surface area (Å²) in [7, 11) is 0. The number of halogens is 1. The molecule has 128 valence electrons. The van der Waals surface area contributed by atoms with Crippen molar-refractivity contribution < 1.29 is 4.79 Å². The predicted molar refractivity (Wildman–Crippen MR) is 94.6 cm³/mol. The van der Waals surface area contributed by atoms with Crippen LogP contribution in [0.1, 0.15) is 32.8 Å². The minimum atomic E-state index is 0.153. The molecule has 2 N–H and O–H groups in total. The van der Waals surface area contributed by atoms with E-state index in [2.05, 4.69) is 20.6 Å². The van der Waals surface area contributed by atoms with Gasteiger partial charge in [0.1, 0.15) is 5.15 Å². The van der Waals surface area contributed by atoms with Crippen molar-refractivity contribution in [2.45, 2.75) is 33.7 Å². The highest BCUT2D eigenvalue weighted by atomic mass is 35.5. The minimum Gasteiger partial charge on any atom is -0.357 e. The monoisotopic (exact) mass is 339 g/mol. The third-order valence-electron chi connectivity index (χ3n) is 3.30. The molecule has 0 atom stereocenters. The van der Waals surface area contributed by atoms with E-state index in [1.165, 1.54) is 0 Å². The zero-order valence-electron chi connectivity index (χ0n) is 14.1. The van der Waals surface area contributed by atoms with Gasteiger partial charge in [-0.25, -0.2) is 9.98 Å². The Bertz CT molecular complexity index is 500. The fraction of sp³-hybridized carbons (Fsp3) is 0.562. The molecule has 0 unspecified atom stereocenters. The first-order chi connectivity index (χ1) is 11.1. The van der Waals surface area contributed by atoms with Crippen LogP contribution in [0.2, 0.25) is 5.15 Å². The van der Waals surface area contributed by atoms with E-state index in [4.69, 9.17) is 11.6 Å². The summed E-state index contributed by atoms with van der Waals surface area (Å²) in [5, 5.41) is 6.81. The first-order valence-corrected chi connectivity index (χ1v) is 8.38. The number of pyridine rings is 1. The van der Waals surface area contributed by atoms with Gasteiger partial charge < -0.3 is 15.5 Å². The summed E-state index contributed by atoms with van der Waals surface area (Å²) in [6.45, 7) is 9.28. The van der Waals surface area contributed by atoms with Crippen LogP contribution in [0.15, 0.2) is 23.3 Å². The minimum absolute atomic E-state index is 0.153. The van der Waals surface area contributed by atoms with Crippen molar-refractivity contribution in [2.75, 3.05) is 26.2 Å².